The van der Waals surface area contributed by atoms with Gasteiger partial charge in [-0.25, -0.2) is 8.42 Å². The Hall–Kier alpha value is -0.920. The maximum Gasteiger partial charge on any atom is 0.246 e. The van der Waals surface area contributed by atoms with Crippen LogP contribution < -0.4 is 0 Å². The third kappa shape index (κ3) is 2.89. The number of likely N-dealkylation sites (tertiary alicyclic amines) is 1. The van der Waals surface area contributed by atoms with Gasteiger partial charge < -0.3 is 4.90 Å². The van der Waals surface area contributed by atoms with Gasteiger partial charge >= 0.3 is 0 Å². The Balaban J connectivity index is 2.09. The third-order valence-electron chi connectivity index (χ3n) is 4.18. The van der Waals surface area contributed by atoms with Crippen LogP contribution in [0.2, 0.25) is 0 Å². The highest BCUT2D eigenvalue weighted by atomic mass is 32.2. The topological polar surface area (TPSA) is 69.3 Å². The van der Waals surface area contributed by atoms with Crippen molar-refractivity contribution in [3.05, 3.63) is 11.9 Å². The van der Waals surface area contributed by atoms with Crippen LogP contribution in [-0.2, 0) is 10.0 Å². The molecule has 1 aromatic heterocycles. The smallest absolute Gasteiger partial charge is 0.246 e. The number of hydrogen-bond donors (Lipinski definition) is 1. The highest BCUT2D eigenvalue weighted by molar-refractivity contribution is 7.89. The number of sulfonamides is 1. The number of rotatable bonds is 4. The van der Waals surface area contributed by atoms with Crippen molar-refractivity contribution in [2.45, 2.75) is 50.6 Å². The molecule has 0 saturated carbocycles. The summed E-state index contributed by atoms with van der Waals surface area (Å²) in [6.45, 7) is 7.99. The lowest BCUT2D eigenvalue weighted by atomic mass is 10.0. The summed E-state index contributed by atoms with van der Waals surface area (Å²) in [7, 11) is -1.76. The van der Waals surface area contributed by atoms with E-state index in [2.05, 4.69) is 28.9 Å². The summed E-state index contributed by atoms with van der Waals surface area (Å²) in [6, 6.07) is 0.596. The molecule has 114 valence electrons. The fourth-order valence-electron chi connectivity index (χ4n) is 2.72. The summed E-state index contributed by atoms with van der Waals surface area (Å²) >= 11 is 0. The molecule has 0 radical (unpaired) electrons. The molecule has 0 atom stereocenters. The molecule has 0 aromatic carbocycles. The van der Waals surface area contributed by atoms with E-state index >= 15 is 0 Å². The molecule has 0 bridgehead atoms. The Labute approximate surface area is 121 Å². The standard InChI is InChI=1S/C13H24N4O2S/c1-10(2)17-7-5-12(6-8-17)16(4)20(18,19)13-9-14-15-11(13)3/h9-10,12H,5-8H2,1-4H3,(H,14,15). The van der Waals surface area contributed by atoms with Gasteiger partial charge in [-0.15, -0.1) is 0 Å². The molecule has 1 aliphatic rings. The zero-order valence-electron chi connectivity index (χ0n) is 12.6. The molecule has 20 heavy (non-hydrogen) atoms. The van der Waals surface area contributed by atoms with E-state index in [9.17, 15) is 8.42 Å². The van der Waals surface area contributed by atoms with Crippen molar-refractivity contribution in [3.63, 3.8) is 0 Å². The molecule has 1 N–H and O–H groups in total. The largest absolute Gasteiger partial charge is 0.301 e. The lowest BCUT2D eigenvalue weighted by molar-refractivity contribution is 0.140. The molecule has 2 heterocycles. The van der Waals surface area contributed by atoms with Crippen LogP contribution in [-0.4, -0.2) is 60.0 Å². The Morgan fingerprint density at radius 2 is 2.00 bits per heavy atom. The van der Waals surface area contributed by atoms with Crippen LogP contribution >= 0.6 is 0 Å². The van der Waals surface area contributed by atoms with E-state index in [4.69, 9.17) is 0 Å². The molecule has 2 rings (SSSR count). The van der Waals surface area contributed by atoms with Crippen molar-refractivity contribution in [2.75, 3.05) is 20.1 Å². The number of H-pyrrole nitrogens is 1. The molecule has 1 aromatic rings. The summed E-state index contributed by atoms with van der Waals surface area (Å²) < 4.78 is 26.7. The van der Waals surface area contributed by atoms with Crippen LogP contribution in [0.4, 0.5) is 0 Å². The van der Waals surface area contributed by atoms with Crippen molar-refractivity contribution >= 4 is 10.0 Å². The monoisotopic (exact) mass is 300 g/mol. The van der Waals surface area contributed by atoms with Crippen LogP contribution in [0, 0.1) is 6.92 Å². The van der Waals surface area contributed by atoms with Crippen molar-refractivity contribution in [3.8, 4) is 0 Å². The maximum absolute atomic E-state index is 12.6. The molecular weight excluding hydrogens is 276 g/mol. The SMILES string of the molecule is Cc1[nH]ncc1S(=O)(=O)N(C)C1CCN(C(C)C)CC1. The Morgan fingerprint density at radius 1 is 1.40 bits per heavy atom. The third-order valence-corrected chi connectivity index (χ3v) is 6.21. The van der Waals surface area contributed by atoms with Crippen LogP contribution in [0.1, 0.15) is 32.4 Å². The van der Waals surface area contributed by atoms with Crippen LogP contribution in [0.25, 0.3) is 0 Å². The lowest BCUT2D eigenvalue weighted by Gasteiger charge is -2.37. The quantitative estimate of drug-likeness (QED) is 0.907. The number of aromatic nitrogens is 2. The molecule has 0 spiro atoms. The Bertz CT molecular complexity index is 544. The second-order valence-electron chi connectivity index (χ2n) is 5.74. The van der Waals surface area contributed by atoms with E-state index in [-0.39, 0.29) is 10.9 Å². The van der Waals surface area contributed by atoms with E-state index in [1.54, 1.807) is 14.0 Å². The summed E-state index contributed by atoms with van der Waals surface area (Å²) in [5.74, 6) is 0. The molecule has 7 heteroatoms. The van der Waals surface area contributed by atoms with Crippen molar-refractivity contribution in [1.82, 2.24) is 19.4 Å². The minimum Gasteiger partial charge on any atom is -0.301 e. The maximum atomic E-state index is 12.6. The average molecular weight is 300 g/mol. The van der Waals surface area contributed by atoms with E-state index in [0.29, 0.717) is 11.7 Å². The predicted octanol–water partition coefficient (Wildman–Crippen LogP) is 1.21. The van der Waals surface area contributed by atoms with Crippen LogP contribution in [0.3, 0.4) is 0 Å². The van der Waals surface area contributed by atoms with Crippen LogP contribution in [0.5, 0.6) is 0 Å². The fourth-order valence-corrected chi connectivity index (χ4v) is 4.25. The first-order valence-electron chi connectivity index (χ1n) is 7.06. The number of hydrogen-bond acceptors (Lipinski definition) is 4. The number of piperidine rings is 1. The van der Waals surface area contributed by atoms with Gasteiger partial charge in [-0.3, -0.25) is 5.10 Å². The molecule has 6 nitrogen and oxygen atoms in total. The highest BCUT2D eigenvalue weighted by Crippen LogP contribution is 2.24. The zero-order chi connectivity index (χ0) is 14.9. The van der Waals surface area contributed by atoms with Crippen molar-refractivity contribution < 1.29 is 8.42 Å². The second-order valence-corrected chi connectivity index (χ2v) is 7.71. The van der Waals surface area contributed by atoms with E-state index < -0.39 is 10.0 Å². The van der Waals surface area contributed by atoms with Crippen molar-refractivity contribution in [2.24, 2.45) is 0 Å². The van der Waals surface area contributed by atoms with Gasteiger partial charge in [0.25, 0.3) is 0 Å². The van der Waals surface area contributed by atoms with Crippen molar-refractivity contribution in [1.29, 1.82) is 0 Å². The number of nitrogens with one attached hydrogen (secondary N) is 1. The molecule has 0 aliphatic carbocycles. The number of aryl methyl sites for hydroxylation is 1. The van der Waals surface area contributed by atoms with Gasteiger partial charge in [0.05, 0.1) is 11.9 Å². The van der Waals surface area contributed by atoms with Gasteiger partial charge in [-0.2, -0.15) is 9.40 Å². The first kappa shape index (κ1) is 15.5. The second kappa shape index (κ2) is 5.83. The van der Waals surface area contributed by atoms with Gasteiger partial charge in [0, 0.05) is 19.1 Å². The van der Waals surface area contributed by atoms with E-state index in [0.717, 1.165) is 25.9 Å². The summed E-state index contributed by atoms with van der Waals surface area (Å²) in [5.41, 5.74) is 0.594. The van der Waals surface area contributed by atoms with Gasteiger partial charge in [-0.1, -0.05) is 0 Å². The molecular formula is C13H24N4O2S. The highest BCUT2D eigenvalue weighted by Gasteiger charge is 2.32. The van der Waals surface area contributed by atoms with E-state index in [1.807, 2.05) is 0 Å². The Kier molecular flexibility index (Phi) is 4.51. The minimum atomic E-state index is -3.44. The predicted molar refractivity (Wildman–Crippen MR) is 78.0 cm³/mol. The first-order valence-corrected chi connectivity index (χ1v) is 8.50. The van der Waals surface area contributed by atoms with Crippen LogP contribution in [0.15, 0.2) is 11.1 Å². The first-order chi connectivity index (χ1) is 9.34. The molecule has 0 amide bonds. The lowest BCUT2D eigenvalue weighted by Crippen LogP contribution is -2.47. The Morgan fingerprint density at radius 3 is 2.45 bits per heavy atom. The summed E-state index contributed by atoms with van der Waals surface area (Å²) in [5, 5.41) is 6.50. The van der Waals surface area contributed by atoms with E-state index in [1.165, 1.54) is 10.5 Å². The average Bonchev–Trinajstić information content (AvgIpc) is 2.85. The van der Waals surface area contributed by atoms with Gasteiger partial charge in [0.2, 0.25) is 10.0 Å². The van der Waals surface area contributed by atoms with Gasteiger partial charge in [-0.05, 0) is 46.7 Å². The molecule has 0 unspecified atom stereocenters. The molecule has 1 saturated heterocycles. The molecule has 1 aliphatic heterocycles. The van der Waals surface area contributed by atoms with Gasteiger partial charge in [0.15, 0.2) is 0 Å². The normalized spacial score (nSPS) is 19.1. The fraction of sp³-hybridized carbons (Fsp3) is 0.769. The summed E-state index contributed by atoms with van der Waals surface area (Å²) in [4.78, 5) is 2.67. The minimum absolute atomic E-state index is 0.0734. The van der Waals surface area contributed by atoms with Gasteiger partial charge in [0.1, 0.15) is 4.90 Å². The zero-order valence-corrected chi connectivity index (χ0v) is 13.4. The molecule has 1 fully saturated rings. The number of nitrogens with zero attached hydrogens (tertiary/aromatic N) is 3. The number of aromatic amines is 1. The summed E-state index contributed by atoms with van der Waals surface area (Å²) in [6.07, 6.45) is 3.15.